The number of hydrogen-bond donors (Lipinski definition) is 0. The van der Waals surface area contributed by atoms with Crippen molar-refractivity contribution < 1.29 is 18.9 Å². The Morgan fingerprint density at radius 1 is 0.778 bits per heavy atom. The minimum Gasteiger partial charge on any atom is -0.464 e. The van der Waals surface area contributed by atoms with E-state index in [2.05, 4.69) is 0 Å². The molecule has 0 N–H and O–H groups in total. The van der Waals surface area contributed by atoms with E-state index in [9.17, 15) is 0 Å². The second-order valence-corrected chi connectivity index (χ2v) is 4.40. The van der Waals surface area contributed by atoms with E-state index >= 15 is 0 Å². The number of hydrogen-bond acceptors (Lipinski definition) is 4. The van der Waals surface area contributed by atoms with Crippen molar-refractivity contribution in [3.63, 3.8) is 0 Å². The van der Waals surface area contributed by atoms with Crippen molar-refractivity contribution in [2.45, 2.75) is 39.9 Å². The first-order valence-electron chi connectivity index (χ1n) is 6.17. The summed E-state index contributed by atoms with van der Waals surface area (Å²) < 4.78 is 21.7. The zero-order valence-electron chi connectivity index (χ0n) is 11.5. The molecule has 0 heterocycles. The van der Waals surface area contributed by atoms with Gasteiger partial charge in [0.05, 0.1) is 12.2 Å². The summed E-state index contributed by atoms with van der Waals surface area (Å²) in [6.45, 7) is 8.27. The normalized spacial score (nSPS) is 11.0. The van der Waals surface area contributed by atoms with Crippen molar-refractivity contribution in [2.24, 2.45) is 0 Å². The Labute approximate surface area is 109 Å². The highest BCUT2D eigenvalue weighted by atomic mass is 16.7. The molecule has 0 fully saturated rings. The van der Waals surface area contributed by atoms with Crippen LogP contribution in [0.1, 0.15) is 27.7 Å². The molecule has 0 bridgehead atoms. The molecule has 0 saturated heterocycles. The van der Waals surface area contributed by atoms with Crippen LogP contribution in [0.15, 0.2) is 24.3 Å². The van der Waals surface area contributed by atoms with E-state index in [1.54, 1.807) is 0 Å². The Bertz CT molecular complexity index is 303. The predicted octanol–water partition coefficient (Wildman–Crippen LogP) is 3.21. The lowest BCUT2D eigenvalue weighted by Crippen LogP contribution is -2.12. The second-order valence-electron chi connectivity index (χ2n) is 4.40. The summed E-state index contributed by atoms with van der Waals surface area (Å²) in [5, 5.41) is 0. The van der Waals surface area contributed by atoms with Crippen LogP contribution in [0.3, 0.4) is 0 Å². The summed E-state index contributed by atoms with van der Waals surface area (Å²) in [5.74, 6) is 1.32. The van der Waals surface area contributed by atoms with Gasteiger partial charge in [0, 0.05) is 0 Å². The van der Waals surface area contributed by atoms with Crippen LogP contribution in [0.4, 0.5) is 0 Å². The van der Waals surface area contributed by atoms with Crippen LogP contribution < -0.4 is 9.47 Å². The molecule has 1 aromatic rings. The standard InChI is InChI=1S/C14H22O4/c1-11(2)15-9-17-13-7-5-6-8-14(13)18-10-16-12(3)4/h5-8,11-12H,9-10H2,1-4H3. The third-order valence-corrected chi connectivity index (χ3v) is 2.08. The van der Waals surface area contributed by atoms with Crippen LogP contribution in [0.25, 0.3) is 0 Å². The van der Waals surface area contributed by atoms with Crippen LogP contribution in [-0.4, -0.2) is 25.8 Å². The molecule has 1 aromatic carbocycles. The smallest absolute Gasteiger partial charge is 0.189 e. The van der Waals surface area contributed by atoms with Gasteiger partial charge in [0.1, 0.15) is 0 Å². The average molecular weight is 254 g/mol. The second kappa shape index (κ2) is 7.95. The van der Waals surface area contributed by atoms with Gasteiger partial charge in [0.2, 0.25) is 0 Å². The zero-order chi connectivity index (χ0) is 13.4. The van der Waals surface area contributed by atoms with Gasteiger partial charge in [-0.05, 0) is 39.8 Å². The summed E-state index contributed by atoms with van der Waals surface area (Å²) in [5.41, 5.74) is 0. The van der Waals surface area contributed by atoms with Gasteiger partial charge in [-0.15, -0.1) is 0 Å². The number of ether oxygens (including phenoxy) is 4. The van der Waals surface area contributed by atoms with Gasteiger partial charge in [0.15, 0.2) is 25.1 Å². The molecule has 4 heteroatoms. The molecule has 0 radical (unpaired) electrons. The molecule has 0 aromatic heterocycles. The van der Waals surface area contributed by atoms with Gasteiger partial charge in [-0.1, -0.05) is 12.1 Å². The molecule has 4 nitrogen and oxygen atoms in total. The van der Waals surface area contributed by atoms with E-state index in [0.29, 0.717) is 11.5 Å². The Hall–Kier alpha value is -1.26. The molecule has 0 saturated carbocycles. The number of benzene rings is 1. The first-order chi connectivity index (χ1) is 8.59. The van der Waals surface area contributed by atoms with Crippen molar-refractivity contribution in [1.82, 2.24) is 0 Å². The minimum absolute atomic E-state index is 0.141. The third-order valence-electron chi connectivity index (χ3n) is 2.08. The number of para-hydroxylation sites is 2. The maximum atomic E-state index is 5.50. The molecule has 0 aliphatic carbocycles. The van der Waals surface area contributed by atoms with Crippen LogP contribution >= 0.6 is 0 Å². The van der Waals surface area contributed by atoms with Gasteiger partial charge < -0.3 is 18.9 Å². The maximum Gasteiger partial charge on any atom is 0.189 e. The highest BCUT2D eigenvalue weighted by Gasteiger charge is 2.05. The Kier molecular flexibility index (Phi) is 6.54. The van der Waals surface area contributed by atoms with Crippen molar-refractivity contribution in [2.75, 3.05) is 13.6 Å². The van der Waals surface area contributed by atoms with Crippen molar-refractivity contribution in [3.8, 4) is 11.5 Å². The molecule has 0 atom stereocenters. The summed E-state index contributed by atoms with van der Waals surface area (Å²) in [7, 11) is 0. The number of rotatable bonds is 8. The van der Waals surface area contributed by atoms with Gasteiger partial charge in [0.25, 0.3) is 0 Å². The molecule has 102 valence electrons. The topological polar surface area (TPSA) is 36.9 Å². The summed E-state index contributed by atoms with van der Waals surface area (Å²) in [6, 6.07) is 7.46. The first kappa shape index (κ1) is 14.8. The van der Waals surface area contributed by atoms with Crippen LogP contribution in [0.2, 0.25) is 0 Å². The van der Waals surface area contributed by atoms with E-state index in [1.165, 1.54) is 0 Å². The van der Waals surface area contributed by atoms with Crippen molar-refractivity contribution in [3.05, 3.63) is 24.3 Å². The fourth-order valence-corrected chi connectivity index (χ4v) is 1.16. The molecular weight excluding hydrogens is 232 g/mol. The van der Waals surface area contributed by atoms with Crippen molar-refractivity contribution in [1.29, 1.82) is 0 Å². The Morgan fingerprint density at radius 3 is 1.50 bits per heavy atom. The largest absolute Gasteiger partial charge is 0.464 e. The quantitative estimate of drug-likeness (QED) is 0.667. The molecule has 1 rings (SSSR count). The van der Waals surface area contributed by atoms with Crippen LogP contribution in [-0.2, 0) is 9.47 Å². The van der Waals surface area contributed by atoms with Gasteiger partial charge in [-0.25, -0.2) is 0 Å². The Morgan fingerprint density at radius 2 is 1.17 bits per heavy atom. The third kappa shape index (κ3) is 5.89. The van der Waals surface area contributed by atoms with E-state index in [0.717, 1.165) is 0 Å². The molecule has 0 amide bonds. The fourth-order valence-electron chi connectivity index (χ4n) is 1.16. The minimum atomic E-state index is 0.141. The zero-order valence-corrected chi connectivity index (χ0v) is 11.5. The maximum absolute atomic E-state index is 5.50. The van der Waals surface area contributed by atoms with E-state index in [-0.39, 0.29) is 25.8 Å². The SMILES string of the molecule is CC(C)OCOc1ccccc1OCOC(C)C. The summed E-state index contributed by atoms with van der Waals surface area (Å²) >= 11 is 0. The lowest BCUT2D eigenvalue weighted by atomic mass is 10.3. The molecular formula is C14H22O4. The highest BCUT2D eigenvalue weighted by Crippen LogP contribution is 2.26. The molecule has 0 spiro atoms. The van der Waals surface area contributed by atoms with Crippen molar-refractivity contribution >= 4 is 0 Å². The summed E-state index contributed by atoms with van der Waals surface area (Å²) in [4.78, 5) is 0. The fraction of sp³-hybridized carbons (Fsp3) is 0.571. The van der Waals surface area contributed by atoms with Gasteiger partial charge in [-0.3, -0.25) is 0 Å². The summed E-state index contributed by atoms with van der Waals surface area (Å²) in [6.07, 6.45) is 0.282. The van der Waals surface area contributed by atoms with E-state index in [1.807, 2.05) is 52.0 Å². The van der Waals surface area contributed by atoms with Gasteiger partial charge >= 0.3 is 0 Å². The molecule has 0 aliphatic rings. The van der Waals surface area contributed by atoms with E-state index < -0.39 is 0 Å². The average Bonchev–Trinajstić information content (AvgIpc) is 2.30. The van der Waals surface area contributed by atoms with Crippen LogP contribution in [0.5, 0.6) is 11.5 Å². The van der Waals surface area contributed by atoms with Crippen LogP contribution in [0, 0.1) is 0 Å². The molecule has 0 unspecified atom stereocenters. The lowest BCUT2D eigenvalue weighted by Gasteiger charge is -2.14. The molecule has 0 aliphatic heterocycles. The van der Waals surface area contributed by atoms with E-state index in [4.69, 9.17) is 18.9 Å². The predicted molar refractivity (Wildman–Crippen MR) is 69.9 cm³/mol. The lowest BCUT2D eigenvalue weighted by molar-refractivity contribution is -0.0331. The molecule has 18 heavy (non-hydrogen) atoms. The first-order valence-corrected chi connectivity index (χ1v) is 6.17. The monoisotopic (exact) mass is 254 g/mol. The highest BCUT2D eigenvalue weighted by molar-refractivity contribution is 5.39. The van der Waals surface area contributed by atoms with Gasteiger partial charge in [-0.2, -0.15) is 0 Å². The Balaban J connectivity index is 2.45.